The van der Waals surface area contributed by atoms with E-state index >= 15 is 0 Å². The van der Waals surface area contributed by atoms with E-state index < -0.39 is 24.0 Å². The predicted octanol–water partition coefficient (Wildman–Crippen LogP) is 0.484. The highest BCUT2D eigenvalue weighted by atomic mass is 16.6. The van der Waals surface area contributed by atoms with Gasteiger partial charge in [-0.3, -0.25) is 14.5 Å². The van der Waals surface area contributed by atoms with Gasteiger partial charge in [0.1, 0.15) is 13.2 Å². The van der Waals surface area contributed by atoms with E-state index in [1.54, 1.807) is 18.2 Å². The lowest BCUT2D eigenvalue weighted by atomic mass is 10.1. The summed E-state index contributed by atoms with van der Waals surface area (Å²) in [7, 11) is 0. The minimum Gasteiger partial charge on any atom is -0.486 e. The third-order valence-corrected chi connectivity index (χ3v) is 3.73. The second-order valence-electron chi connectivity index (χ2n) is 5.51. The molecule has 128 valence electrons. The maximum absolute atomic E-state index is 12.1. The first-order chi connectivity index (χ1) is 11.5. The lowest BCUT2D eigenvalue weighted by Crippen LogP contribution is -2.42. The molecule has 1 fully saturated rings. The van der Waals surface area contributed by atoms with Crippen molar-refractivity contribution in [2.75, 3.05) is 26.3 Å². The van der Waals surface area contributed by atoms with E-state index in [0.717, 1.165) is 4.90 Å². The van der Waals surface area contributed by atoms with E-state index in [9.17, 15) is 14.4 Å². The molecule has 0 saturated carbocycles. The Bertz CT molecular complexity index is 675. The molecule has 0 aromatic heterocycles. The molecule has 1 N–H and O–H groups in total. The van der Waals surface area contributed by atoms with Crippen LogP contribution < -0.4 is 14.8 Å². The number of hydrogen-bond acceptors (Lipinski definition) is 6. The van der Waals surface area contributed by atoms with E-state index in [1.807, 2.05) is 0 Å². The molecule has 2 heterocycles. The van der Waals surface area contributed by atoms with Gasteiger partial charge in [-0.05, 0) is 24.6 Å². The van der Waals surface area contributed by atoms with Crippen molar-refractivity contribution in [1.82, 2.24) is 10.2 Å². The smallest absolute Gasteiger partial charge is 0.324 e. The summed E-state index contributed by atoms with van der Waals surface area (Å²) >= 11 is 0. The molecule has 2 aliphatic rings. The number of ether oxygens (including phenoxy) is 3. The molecule has 1 aromatic carbocycles. The highest BCUT2D eigenvalue weighted by Crippen LogP contribution is 2.30. The Morgan fingerprint density at radius 1 is 1.29 bits per heavy atom. The lowest BCUT2D eigenvalue weighted by molar-refractivity contribution is -0.156. The van der Waals surface area contributed by atoms with Gasteiger partial charge in [-0.1, -0.05) is 6.07 Å². The number of nitrogens with zero attached hydrogens (tertiary/aromatic N) is 1. The summed E-state index contributed by atoms with van der Waals surface area (Å²) in [4.78, 5) is 36.6. The Kier molecular flexibility index (Phi) is 4.54. The fourth-order valence-electron chi connectivity index (χ4n) is 2.55. The van der Waals surface area contributed by atoms with Crippen LogP contribution in [0, 0.1) is 0 Å². The third kappa shape index (κ3) is 3.42. The number of hydrogen-bond donors (Lipinski definition) is 1. The zero-order valence-corrected chi connectivity index (χ0v) is 13.2. The highest BCUT2D eigenvalue weighted by molar-refractivity contribution is 5.98. The number of nitrogens with one attached hydrogen (secondary N) is 1. The first kappa shape index (κ1) is 16.1. The summed E-state index contributed by atoms with van der Waals surface area (Å²) < 4.78 is 16.0. The van der Waals surface area contributed by atoms with Crippen LogP contribution in [0.4, 0.5) is 4.79 Å². The van der Waals surface area contributed by atoms with Gasteiger partial charge in [0.05, 0.1) is 6.42 Å². The van der Waals surface area contributed by atoms with E-state index in [2.05, 4.69) is 5.32 Å². The SMILES string of the molecule is C[C@H](OC(=O)Cc1ccc2c(c1)OCCO2)C(=O)N1CCNC1=O. The van der Waals surface area contributed by atoms with Gasteiger partial charge in [-0.2, -0.15) is 0 Å². The molecular formula is C16H18N2O6. The number of benzene rings is 1. The number of fused-ring (bicyclic) bond motifs is 1. The molecule has 1 saturated heterocycles. The van der Waals surface area contributed by atoms with Gasteiger partial charge in [0.25, 0.3) is 5.91 Å². The number of carbonyl (C=O) groups excluding carboxylic acids is 3. The van der Waals surface area contributed by atoms with Crippen LogP contribution in [-0.2, 0) is 20.7 Å². The van der Waals surface area contributed by atoms with Crippen molar-refractivity contribution in [3.63, 3.8) is 0 Å². The average molecular weight is 334 g/mol. The van der Waals surface area contributed by atoms with Gasteiger partial charge < -0.3 is 19.5 Å². The Labute approximate surface area is 138 Å². The van der Waals surface area contributed by atoms with Crippen LogP contribution >= 0.6 is 0 Å². The quantitative estimate of drug-likeness (QED) is 0.805. The molecular weight excluding hydrogens is 316 g/mol. The second kappa shape index (κ2) is 6.77. The molecule has 0 unspecified atom stereocenters. The van der Waals surface area contributed by atoms with Gasteiger partial charge in [0.2, 0.25) is 0 Å². The summed E-state index contributed by atoms with van der Waals surface area (Å²) in [5.74, 6) is 0.152. The molecule has 0 spiro atoms. The predicted molar refractivity (Wildman–Crippen MR) is 81.8 cm³/mol. The minimum absolute atomic E-state index is 0.000453. The zero-order valence-electron chi connectivity index (χ0n) is 13.2. The number of urea groups is 1. The zero-order chi connectivity index (χ0) is 17.1. The monoisotopic (exact) mass is 334 g/mol. The minimum atomic E-state index is -1.02. The molecule has 0 aliphatic carbocycles. The van der Waals surface area contributed by atoms with Crippen LogP contribution in [0.2, 0.25) is 0 Å². The Morgan fingerprint density at radius 2 is 2.04 bits per heavy atom. The van der Waals surface area contributed by atoms with Gasteiger partial charge in [-0.25, -0.2) is 4.79 Å². The highest BCUT2D eigenvalue weighted by Gasteiger charge is 2.31. The van der Waals surface area contributed by atoms with Crippen LogP contribution in [0.1, 0.15) is 12.5 Å². The number of imide groups is 1. The molecule has 0 bridgehead atoms. The lowest BCUT2D eigenvalue weighted by Gasteiger charge is -2.19. The van der Waals surface area contributed by atoms with Crippen molar-refractivity contribution in [3.8, 4) is 11.5 Å². The summed E-state index contributed by atoms with van der Waals surface area (Å²) in [6.45, 7) is 3.10. The molecule has 0 radical (unpaired) electrons. The standard InChI is InChI=1S/C16H18N2O6/c1-10(15(20)18-5-4-17-16(18)21)24-14(19)9-11-2-3-12-13(8-11)23-7-6-22-12/h2-3,8,10H,4-7,9H2,1H3,(H,17,21)/t10-/m0/s1. The summed E-state index contributed by atoms with van der Waals surface area (Å²) in [5.41, 5.74) is 0.697. The largest absolute Gasteiger partial charge is 0.486 e. The number of carbonyl (C=O) groups is 3. The number of amides is 3. The van der Waals surface area contributed by atoms with Gasteiger partial charge in [0, 0.05) is 13.1 Å². The van der Waals surface area contributed by atoms with Crippen LogP contribution in [-0.4, -0.2) is 55.2 Å². The molecule has 8 nitrogen and oxygen atoms in total. The third-order valence-electron chi connectivity index (χ3n) is 3.73. The fourth-order valence-corrected chi connectivity index (χ4v) is 2.55. The Hall–Kier alpha value is -2.77. The summed E-state index contributed by atoms with van der Waals surface area (Å²) in [6.07, 6.45) is -1.01. The Balaban J connectivity index is 1.57. The second-order valence-corrected chi connectivity index (χ2v) is 5.51. The number of rotatable bonds is 4. The van der Waals surface area contributed by atoms with Gasteiger partial charge >= 0.3 is 12.0 Å². The summed E-state index contributed by atoms with van der Waals surface area (Å²) in [5, 5.41) is 2.53. The van der Waals surface area contributed by atoms with Crippen molar-refractivity contribution in [2.45, 2.75) is 19.4 Å². The van der Waals surface area contributed by atoms with Crippen LogP contribution in [0.5, 0.6) is 11.5 Å². The molecule has 24 heavy (non-hydrogen) atoms. The van der Waals surface area contributed by atoms with E-state index in [1.165, 1.54) is 6.92 Å². The number of esters is 1. The molecule has 3 amide bonds. The van der Waals surface area contributed by atoms with Crippen LogP contribution in [0.15, 0.2) is 18.2 Å². The van der Waals surface area contributed by atoms with E-state index in [-0.39, 0.29) is 13.0 Å². The van der Waals surface area contributed by atoms with Crippen molar-refractivity contribution < 1.29 is 28.6 Å². The van der Waals surface area contributed by atoms with Crippen molar-refractivity contribution >= 4 is 17.9 Å². The first-order valence-corrected chi connectivity index (χ1v) is 7.72. The van der Waals surface area contributed by atoms with Crippen molar-refractivity contribution in [1.29, 1.82) is 0 Å². The first-order valence-electron chi connectivity index (χ1n) is 7.72. The molecule has 1 atom stereocenters. The molecule has 2 aliphatic heterocycles. The van der Waals surface area contributed by atoms with Gasteiger partial charge in [-0.15, -0.1) is 0 Å². The normalized spacial score (nSPS) is 17.2. The molecule has 1 aromatic rings. The van der Waals surface area contributed by atoms with E-state index in [0.29, 0.717) is 36.8 Å². The van der Waals surface area contributed by atoms with Crippen molar-refractivity contribution in [2.24, 2.45) is 0 Å². The molecule has 8 heteroatoms. The fraction of sp³-hybridized carbons (Fsp3) is 0.438. The topological polar surface area (TPSA) is 94.2 Å². The summed E-state index contributed by atoms with van der Waals surface area (Å²) in [6, 6.07) is 4.74. The maximum atomic E-state index is 12.1. The van der Waals surface area contributed by atoms with E-state index in [4.69, 9.17) is 14.2 Å². The molecule has 3 rings (SSSR count). The Morgan fingerprint density at radius 3 is 2.75 bits per heavy atom. The van der Waals surface area contributed by atoms with Gasteiger partial charge in [0.15, 0.2) is 17.6 Å². The average Bonchev–Trinajstić information content (AvgIpc) is 2.99. The maximum Gasteiger partial charge on any atom is 0.324 e. The van der Waals surface area contributed by atoms with Crippen molar-refractivity contribution in [3.05, 3.63) is 23.8 Å². The van der Waals surface area contributed by atoms with Crippen LogP contribution in [0.25, 0.3) is 0 Å². The van der Waals surface area contributed by atoms with Crippen LogP contribution in [0.3, 0.4) is 0 Å².